The van der Waals surface area contributed by atoms with Crippen LogP contribution >= 0.6 is 0 Å². The van der Waals surface area contributed by atoms with Crippen molar-refractivity contribution >= 4 is 11.8 Å². The molecule has 0 heterocycles. The second kappa shape index (κ2) is 13.0. The quantitative estimate of drug-likeness (QED) is 0.256. The van der Waals surface area contributed by atoms with Crippen molar-refractivity contribution in [3.63, 3.8) is 0 Å². The van der Waals surface area contributed by atoms with Gasteiger partial charge in [0.1, 0.15) is 5.78 Å². The molecule has 0 bridgehead atoms. The van der Waals surface area contributed by atoms with Gasteiger partial charge in [0.2, 0.25) is 0 Å². The van der Waals surface area contributed by atoms with Crippen LogP contribution in [0.15, 0.2) is 12.2 Å². The van der Waals surface area contributed by atoms with E-state index in [9.17, 15) is 24.9 Å². The lowest BCUT2D eigenvalue weighted by Crippen LogP contribution is -2.24. The molecule has 1 aliphatic rings. The Morgan fingerprint density at radius 1 is 1.11 bits per heavy atom. The Hall–Kier alpha value is -1.24. The number of aliphatic hydroxyl groups is 3. The largest absolute Gasteiger partial charge is 0.469 e. The molecule has 6 nitrogen and oxygen atoms in total. The van der Waals surface area contributed by atoms with E-state index in [2.05, 4.69) is 11.7 Å². The van der Waals surface area contributed by atoms with E-state index in [0.717, 1.165) is 19.3 Å². The minimum atomic E-state index is -0.717. The molecule has 3 N–H and O–H groups in total. The van der Waals surface area contributed by atoms with E-state index in [1.54, 1.807) is 12.2 Å². The Labute approximate surface area is 162 Å². The van der Waals surface area contributed by atoms with E-state index >= 15 is 0 Å². The molecule has 0 amide bonds. The first-order valence-corrected chi connectivity index (χ1v) is 10.2. The minimum absolute atomic E-state index is 0.0277. The number of esters is 1. The fourth-order valence-electron chi connectivity index (χ4n) is 3.68. The Kier molecular flexibility index (Phi) is 11.5. The van der Waals surface area contributed by atoms with Gasteiger partial charge in [0.25, 0.3) is 0 Å². The summed E-state index contributed by atoms with van der Waals surface area (Å²) < 4.78 is 4.57. The third-order valence-corrected chi connectivity index (χ3v) is 5.35. The van der Waals surface area contributed by atoms with Crippen molar-refractivity contribution in [1.29, 1.82) is 0 Å². The van der Waals surface area contributed by atoms with Crippen molar-refractivity contribution in [2.45, 2.75) is 89.4 Å². The van der Waals surface area contributed by atoms with Crippen molar-refractivity contribution < 1.29 is 29.6 Å². The van der Waals surface area contributed by atoms with Crippen molar-refractivity contribution in [2.24, 2.45) is 11.8 Å². The fourth-order valence-corrected chi connectivity index (χ4v) is 3.68. The molecule has 6 heteroatoms. The topological polar surface area (TPSA) is 104 Å². The van der Waals surface area contributed by atoms with E-state index < -0.39 is 18.3 Å². The number of Topliss-reactive ketones (excluding diaryl/α,β-unsaturated/α-hetero) is 1. The average Bonchev–Trinajstić information content (AvgIpc) is 2.89. The maximum atomic E-state index is 12.2. The number of rotatable bonds is 13. The SMILES string of the molecule is CCCCC[C@H](O)/C=C/[C@@H]1[C@@H](CC(=O)CCCCC(=O)OC)[C@@H](O)C[C@H]1O. The molecule has 5 atom stereocenters. The molecule has 0 unspecified atom stereocenters. The number of methoxy groups -OCH3 is 1. The lowest BCUT2D eigenvalue weighted by atomic mass is 9.87. The number of unbranched alkanes of at least 4 members (excludes halogenated alkanes) is 3. The van der Waals surface area contributed by atoms with Crippen LogP contribution in [0, 0.1) is 11.8 Å². The molecule has 1 saturated carbocycles. The number of aliphatic hydroxyl groups excluding tert-OH is 3. The third kappa shape index (κ3) is 9.00. The van der Waals surface area contributed by atoms with Gasteiger partial charge in [0, 0.05) is 37.5 Å². The summed E-state index contributed by atoms with van der Waals surface area (Å²) in [5, 5.41) is 30.5. The van der Waals surface area contributed by atoms with Gasteiger partial charge in [-0.15, -0.1) is 0 Å². The summed E-state index contributed by atoms with van der Waals surface area (Å²) in [6.45, 7) is 2.11. The molecular weight excluding hydrogens is 348 g/mol. The smallest absolute Gasteiger partial charge is 0.305 e. The predicted octanol–water partition coefficient (Wildman–Crippen LogP) is 2.53. The lowest BCUT2D eigenvalue weighted by molar-refractivity contribution is -0.140. The molecule has 0 aliphatic heterocycles. The van der Waals surface area contributed by atoms with Crippen LogP contribution in [0.1, 0.15) is 71.1 Å². The number of hydrogen-bond donors (Lipinski definition) is 3. The molecule has 0 spiro atoms. The number of carbonyl (C=O) groups is 2. The first-order chi connectivity index (χ1) is 12.9. The molecule has 0 radical (unpaired) electrons. The van der Waals surface area contributed by atoms with Crippen LogP contribution in [-0.2, 0) is 14.3 Å². The average molecular weight is 385 g/mol. The van der Waals surface area contributed by atoms with Crippen LogP contribution < -0.4 is 0 Å². The van der Waals surface area contributed by atoms with Gasteiger partial charge in [-0.2, -0.15) is 0 Å². The van der Waals surface area contributed by atoms with Gasteiger partial charge in [0.15, 0.2) is 0 Å². The molecule has 156 valence electrons. The van der Waals surface area contributed by atoms with E-state index in [0.29, 0.717) is 32.1 Å². The number of ketones is 1. The van der Waals surface area contributed by atoms with E-state index in [1.165, 1.54) is 7.11 Å². The van der Waals surface area contributed by atoms with Crippen LogP contribution in [-0.4, -0.2) is 52.5 Å². The number of hydrogen-bond acceptors (Lipinski definition) is 6. The van der Waals surface area contributed by atoms with E-state index in [4.69, 9.17) is 0 Å². The van der Waals surface area contributed by atoms with Gasteiger partial charge in [-0.05, 0) is 19.3 Å². The maximum Gasteiger partial charge on any atom is 0.305 e. The van der Waals surface area contributed by atoms with Gasteiger partial charge in [0.05, 0.1) is 25.4 Å². The fraction of sp³-hybridized carbons (Fsp3) is 0.810. The molecule has 0 aromatic carbocycles. The summed E-state index contributed by atoms with van der Waals surface area (Å²) in [5.74, 6) is -0.897. The first-order valence-electron chi connectivity index (χ1n) is 10.2. The minimum Gasteiger partial charge on any atom is -0.469 e. The Morgan fingerprint density at radius 2 is 1.81 bits per heavy atom. The van der Waals surface area contributed by atoms with Crippen LogP contribution in [0.5, 0.6) is 0 Å². The highest BCUT2D eigenvalue weighted by molar-refractivity contribution is 5.78. The Morgan fingerprint density at radius 3 is 2.48 bits per heavy atom. The van der Waals surface area contributed by atoms with Gasteiger partial charge >= 0.3 is 5.97 Å². The molecule has 0 aromatic rings. The van der Waals surface area contributed by atoms with Crippen molar-refractivity contribution in [3.05, 3.63) is 12.2 Å². The number of ether oxygens (including phenoxy) is 1. The summed E-state index contributed by atoms with van der Waals surface area (Å²) in [6.07, 6.45) is 7.60. The normalized spacial score (nSPS) is 26.4. The molecule has 1 fully saturated rings. The second-order valence-corrected chi connectivity index (χ2v) is 7.59. The van der Waals surface area contributed by atoms with E-state index in [-0.39, 0.29) is 36.4 Å². The van der Waals surface area contributed by atoms with Gasteiger partial charge in [-0.3, -0.25) is 9.59 Å². The Balaban J connectivity index is 2.48. The molecule has 1 rings (SSSR count). The zero-order valence-corrected chi connectivity index (χ0v) is 16.7. The highest BCUT2D eigenvalue weighted by atomic mass is 16.5. The predicted molar refractivity (Wildman–Crippen MR) is 103 cm³/mol. The standard InChI is InChI=1S/C21H36O6/c1-3-4-5-8-15(22)11-12-17-18(20(25)14-19(17)24)13-16(23)9-6-7-10-21(26)27-2/h11-12,15,17-20,22,24-25H,3-10,13-14H2,1-2H3/b12-11+/t15-,17+,18+,19+,20-/m0/s1. The lowest BCUT2D eigenvalue weighted by Gasteiger charge is -2.20. The summed E-state index contributed by atoms with van der Waals surface area (Å²) in [7, 11) is 1.34. The van der Waals surface area contributed by atoms with Crippen LogP contribution in [0.2, 0.25) is 0 Å². The monoisotopic (exact) mass is 384 g/mol. The third-order valence-electron chi connectivity index (χ3n) is 5.35. The highest BCUT2D eigenvalue weighted by Gasteiger charge is 2.41. The molecule has 0 aromatic heterocycles. The maximum absolute atomic E-state index is 12.2. The summed E-state index contributed by atoms with van der Waals surface area (Å²) in [4.78, 5) is 23.3. The second-order valence-electron chi connectivity index (χ2n) is 7.59. The van der Waals surface area contributed by atoms with E-state index in [1.807, 2.05) is 0 Å². The summed E-state index contributed by atoms with van der Waals surface area (Å²) in [6, 6.07) is 0. The number of carbonyl (C=O) groups excluding carboxylic acids is 2. The summed E-state index contributed by atoms with van der Waals surface area (Å²) in [5.41, 5.74) is 0. The van der Waals surface area contributed by atoms with Crippen LogP contribution in [0.25, 0.3) is 0 Å². The zero-order chi connectivity index (χ0) is 20.2. The van der Waals surface area contributed by atoms with Crippen LogP contribution in [0.4, 0.5) is 0 Å². The van der Waals surface area contributed by atoms with Crippen LogP contribution in [0.3, 0.4) is 0 Å². The molecular formula is C21H36O6. The van der Waals surface area contributed by atoms with Crippen molar-refractivity contribution in [3.8, 4) is 0 Å². The van der Waals surface area contributed by atoms with Gasteiger partial charge in [-0.25, -0.2) is 0 Å². The van der Waals surface area contributed by atoms with Gasteiger partial charge < -0.3 is 20.1 Å². The molecule has 0 saturated heterocycles. The summed E-state index contributed by atoms with van der Waals surface area (Å²) >= 11 is 0. The first kappa shape index (κ1) is 23.8. The van der Waals surface area contributed by atoms with Gasteiger partial charge in [-0.1, -0.05) is 38.3 Å². The highest BCUT2D eigenvalue weighted by Crippen LogP contribution is 2.36. The zero-order valence-electron chi connectivity index (χ0n) is 16.7. The van der Waals surface area contributed by atoms with Crippen molar-refractivity contribution in [1.82, 2.24) is 0 Å². The molecule has 1 aliphatic carbocycles. The Bertz CT molecular complexity index is 475. The molecule has 27 heavy (non-hydrogen) atoms. The van der Waals surface area contributed by atoms with Crippen molar-refractivity contribution in [2.75, 3.05) is 7.11 Å².